The Kier molecular flexibility index (Phi) is 5.73. The van der Waals surface area contributed by atoms with Gasteiger partial charge in [-0.15, -0.1) is 0 Å². The van der Waals surface area contributed by atoms with Crippen molar-refractivity contribution in [1.82, 2.24) is 25.7 Å². The zero-order valence-electron chi connectivity index (χ0n) is 15.2. The number of fused-ring (bicyclic) bond motifs is 1. The zero-order chi connectivity index (χ0) is 17.8. The van der Waals surface area contributed by atoms with E-state index in [1.165, 1.54) is 0 Å². The van der Waals surface area contributed by atoms with Crippen LogP contribution in [0.2, 0.25) is 0 Å². The first kappa shape index (κ1) is 17.9. The number of rotatable bonds is 5. The van der Waals surface area contributed by atoms with Crippen LogP contribution in [-0.2, 0) is 17.8 Å². The Hall–Kier alpha value is -1.89. The van der Waals surface area contributed by atoms with Crippen LogP contribution in [0.25, 0.3) is 0 Å². The average Bonchev–Trinajstić information content (AvgIpc) is 3.05. The highest BCUT2D eigenvalue weighted by Crippen LogP contribution is 2.22. The van der Waals surface area contributed by atoms with Crippen LogP contribution in [0.5, 0.6) is 0 Å². The molecule has 0 aliphatic carbocycles. The van der Waals surface area contributed by atoms with Crippen LogP contribution in [0.1, 0.15) is 61.3 Å². The SMILES string of the molecule is CCCC(C)NC(=O)C1CCCN(C(=O)c2n[nH]c3c2CNCC3)C1. The van der Waals surface area contributed by atoms with Gasteiger partial charge in [-0.2, -0.15) is 5.10 Å². The number of nitrogens with one attached hydrogen (secondary N) is 3. The number of hydrogen-bond acceptors (Lipinski definition) is 4. The van der Waals surface area contributed by atoms with E-state index < -0.39 is 0 Å². The van der Waals surface area contributed by atoms with E-state index >= 15 is 0 Å². The molecule has 3 heterocycles. The normalized spacial score (nSPS) is 21.5. The maximum Gasteiger partial charge on any atom is 0.274 e. The molecule has 2 atom stereocenters. The topological polar surface area (TPSA) is 90.1 Å². The number of nitrogens with zero attached hydrogens (tertiary/aromatic N) is 2. The Morgan fingerprint density at radius 3 is 3.08 bits per heavy atom. The van der Waals surface area contributed by atoms with Crippen LogP contribution >= 0.6 is 0 Å². The third-order valence-corrected chi connectivity index (χ3v) is 5.20. The minimum Gasteiger partial charge on any atom is -0.353 e. The van der Waals surface area contributed by atoms with Crippen molar-refractivity contribution in [3.63, 3.8) is 0 Å². The average molecular weight is 347 g/mol. The number of amides is 2. The lowest BCUT2D eigenvalue weighted by molar-refractivity contribution is -0.127. The van der Waals surface area contributed by atoms with E-state index in [0.717, 1.165) is 49.9 Å². The summed E-state index contributed by atoms with van der Waals surface area (Å²) < 4.78 is 0. The summed E-state index contributed by atoms with van der Waals surface area (Å²) in [5.41, 5.74) is 2.56. The van der Waals surface area contributed by atoms with Crippen molar-refractivity contribution in [3.05, 3.63) is 17.0 Å². The second-order valence-electron chi connectivity index (χ2n) is 7.24. The van der Waals surface area contributed by atoms with Crippen LogP contribution < -0.4 is 10.6 Å². The largest absolute Gasteiger partial charge is 0.353 e. The van der Waals surface area contributed by atoms with Gasteiger partial charge < -0.3 is 15.5 Å². The number of likely N-dealkylation sites (tertiary alicyclic amines) is 1. The van der Waals surface area contributed by atoms with E-state index in [-0.39, 0.29) is 23.8 Å². The van der Waals surface area contributed by atoms with Crippen molar-refractivity contribution in [3.8, 4) is 0 Å². The van der Waals surface area contributed by atoms with Crippen molar-refractivity contribution in [2.45, 2.75) is 58.5 Å². The highest BCUT2D eigenvalue weighted by Gasteiger charge is 2.32. The molecule has 1 aromatic heterocycles. The lowest BCUT2D eigenvalue weighted by Crippen LogP contribution is -2.47. The van der Waals surface area contributed by atoms with Gasteiger partial charge in [-0.05, 0) is 26.2 Å². The molecule has 1 fully saturated rings. The van der Waals surface area contributed by atoms with Crippen molar-refractivity contribution in [2.75, 3.05) is 19.6 Å². The standard InChI is InChI=1S/C18H29N5O2/c1-3-5-12(2)20-17(24)13-6-4-9-23(11-13)18(25)16-14-10-19-8-7-15(14)21-22-16/h12-13,19H,3-11H2,1-2H3,(H,20,24)(H,21,22). The molecule has 138 valence electrons. The van der Waals surface area contributed by atoms with Gasteiger partial charge in [-0.25, -0.2) is 0 Å². The summed E-state index contributed by atoms with van der Waals surface area (Å²) in [4.78, 5) is 27.2. The Labute approximate surface area is 148 Å². The first-order valence-corrected chi connectivity index (χ1v) is 9.46. The fourth-order valence-electron chi connectivity index (χ4n) is 3.79. The van der Waals surface area contributed by atoms with Crippen LogP contribution in [-0.4, -0.2) is 52.6 Å². The summed E-state index contributed by atoms with van der Waals surface area (Å²) in [7, 11) is 0. The number of H-pyrrole nitrogens is 1. The fourth-order valence-corrected chi connectivity index (χ4v) is 3.79. The minimum atomic E-state index is -0.120. The lowest BCUT2D eigenvalue weighted by Gasteiger charge is -2.32. The molecule has 2 aliphatic heterocycles. The van der Waals surface area contributed by atoms with E-state index in [4.69, 9.17) is 0 Å². The second-order valence-corrected chi connectivity index (χ2v) is 7.24. The van der Waals surface area contributed by atoms with Gasteiger partial charge in [0.05, 0.1) is 5.92 Å². The first-order valence-electron chi connectivity index (χ1n) is 9.46. The molecule has 2 aliphatic rings. The predicted molar refractivity (Wildman–Crippen MR) is 95.1 cm³/mol. The molecule has 3 N–H and O–H groups in total. The number of aromatic nitrogens is 2. The molecular weight excluding hydrogens is 318 g/mol. The van der Waals surface area contributed by atoms with Crippen molar-refractivity contribution in [1.29, 1.82) is 0 Å². The van der Waals surface area contributed by atoms with Crippen LogP contribution in [0.3, 0.4) is 0 Å². The van der Waals surface area contributed by atoms with E-state index in [9.17, 15) is 9.59 Å². The number of hydrogen-bond donors (Lipinski definition) is 3. The highest BCUT2D eigenvalue weighted by molar-refractivity contribution is 5.94. The van der Waals surface area contributed by atoms with Crippen molar-refractivity contribution >= 4 is 11.8 Å². The summed E-state index contributed by atoms with van der Waals surface area (Å²) in [6.07, 6.45) is 4.60. The highest BCUT2D eigenvalue weighted by atomic mass is 16.2. The first-order chi connectivity index (χ1) is 12.1. The Balaban J connectivity index is 1.64. The number of piperidine rings is 1. The lowest BCUT2D eigenvalue weighted by atomic mass is 9.96. The third kappa shape index (κ3) is 4.03. The molecule has 0 spiro atoms. The van der Waals surface area contributed by atoms with E-state index in [2.05, 4.69) is 27.8 Å². The van der Waals surface area contributed by atoms with Gasteiger partial charge in [-0.3, -0.25) is 14.7 Å². The second kappa shape index (κ2) is 7.99. The molecule has 1 aromatic rings. The van der Waals surface area contributed by atoms with Crippen LogP contribution in [0.4, 0.5) is 0 Å². The fraction of sp³-hybridized carbons (Fsp3) is 0.722. The molecule has 2 amide bonds. The third-order valence-electron chi connectivity index (χ3n) is 5.20. The van der Waals surface area contributed by atoms with Gasteiger partial charge in [0.25, 0.3) is 5.91 Å². The van der Waals surface area contributed by atoms with Crippen molar-refractivity contribution < 1.29 is 9.59 Å². The van der Waals surface area contributed by atoms with Gasteiger partial charge in [0.2, 0.25) is 5.91 Å². The van der Waals surface area contributed by atoms with Gasteiger partial charge in [-0.1, -0.05) is 13.3 Å². The monoisotopic (exact) mass is 347 g/mol. The molecule has 0 radical (unpaired) electrons. The Morgan fingerprint density at radius 2 is 2.28 bits per heavy atom. The Bertz CT molecular complexity index is 627. The summed E-state index contributed by atoms with van der Waals surface area (Å²) >= 11 is 0. The predicted octanol–water partition coefficient (Wildman–Crippen LogP) is 1.21. The van der Waals surface area contributed by atoms with Gasteiger partial charge in [0.15, 0.2) is 5.69 Å². The molecule has 0 aromatic carbocycles. The smallest absolute Gasteiger partial charge is 0.274 e. The quantitative estimate of drug-likeness (QED) is 0.747. The van der Waals surface area contributed by atoms with Crippen molar-refractivity contribution in [2.24, 2.45) is 5.92 Å². The summed E-state index contributed by atoms with van der Waals surface area (Å²) in [5.74, 6) is -0.102. The zero-order valence-corrected chi connectivity index (χ0v) is 15.2. The maximum atomic E-state index is 12.9. The van der Waals surface area contributed by atoms with E-state index in [0.29, 0.717) is 25.3 Å². The summed E-state index contributed by atoms with van der Waals surface area (Å²) in [6, 6.07) is 0.188. The number of aromatic amines is 1. The molecule has 7 nitrogen and oxygen atoms in total. The molecule has 1 saturated heterocycles. The number of carbonyl (C=O) groups excluding carboxylic acids is 2. The van der Waals surface area contributed by atoms with E-state index in [1.54, 1.807) is 4.90 Å². The molecule has 0 bridgehead atoms. The summed E-state index contributed by atoms with van der Waals surface area (Å²) in [5, 5.41) is 13.6. The van der Waals surface area contributed by atoms with Crippen LogP contribution in [0, 0.1) is 5.92 Å². The molecular formula is C18H29N5O2. The van der Waals surface area contributed by atoms with Gasteiger partial charge in [0.1, 0.15) is 0 Å². The maximum absolute atomic E-state index is 12.9. The molecule has 25 heavy (non-hydrogen) atoms. The van der Waals surface area contributed by atoms with Crippen LogP contribution in [0.15, 0.2) is 0 Å². The summed E-state index contributed by atoms with van der Waals surface area (Å²) in [6.45, 7) is 6.92. The molecule has 7 heteroatoms. The van der Waals surface area contributed by atoms with E-state index in [1.807, 2.05) is 6.92 Å². The number of carbonyl (C=O) groups is 2. The Morgan fingerprint density at radius 1 is 1.44 bits per heavy atom. The molecule has 2 unspecified atom stereocenters. The minimum absolute atomic E-state index is 0.0553. The van der Waals surface area contributed by atoms with Gasteiger partial charge >= 0.3 is 0 Å². The van der Waals surface area contributed by atoms with Gasteiger partial charge in [0, 0.05) is 49.9 Å². The molecule has 0 saturated carbocycles. The molecule has 3 rings (SSSR count).